The molecular formula is C23H42O4. The number of carbonyl (C=O) groups excluding carboxylic acids is 2. The molecule has 0 N–H and O–H groups in total. The average molecular weight is 383 g/mol. The topological polar surface area (TPSA) is 52.6 Å². The molecule has 0 heterocycles. The van der Waals surface area contributed by atoms with Crippen molar-refractivity contribution in [2.75, 3.05) is 0 Å². The zero-order valence-corrected chi connectivity index (χ0v) is 18.0. The van der Waals surface area contributed by atoms with Crippen molar-refractivity contribution in [3.05, 3.63) is 12.2 Å². The van der Waals surface area contributed by atoms with Gasteiger partial charge in [0.15, 0.2) is 0 Å². The molecule has 0 aliphatic heterocycles. The number of rotatable bonds is 18. The van der Waals surface area contributed by atoms with Crippen LogP contribution in [0.1, 0.15) is 117 Å². The second kappa shape index (κ2) is 19.4. The molecule has 0 aliphatic rings. The van der Waals surface area contributed by atoms with E-state index < -0.39 is 6.29 Å². The largest absolute Gasteiger partial charge is 0.425 e. The van der Waals surface area contributed by atoms with Gasteiger partial charge in [-0.15, -0.1) is 0 Å². The molecule has 0 saturated carbocycles. The molecule has 0 aromatic rings. The van der Waals surface area contributed by atoms with Crippen molar-refractivity contribution in [2.24, 2.45) is 0 Å². The molecule has 0 radical (unpaired) electrons. The van der Waals surface area contributed by atoms with Crippen LogP contribution in [0.25, 0.3) is 0 Å². The predicted molar refractivity (Wildman–Crippen MR) is 111 cm³/mol. The molecule has 1 unspecified atom stereocenters. The number of allylic oxidation sites excluding steroid dienone is 2. The Balaban J connectivity index is 3.35. The summed E-state index contributed by atoms with van der Waals surface area (Å²) in [6.45, 7) is 5.54. The van der Waals surface area contributed by atoms with Crippen LogP contribution in [0.2, 0.25) is 0 Å². The third kappa shape index (κ3) is 19.3. The highest BCUT2D eigenvalue weighted by molar-refractivity contribution is 5.71. The highest BCUT2D eigenvalue weighted by Crippen LogP contribution is 2.10. The van der Waals surface area contributed by atoms with Gasteiger partial charge in [-0.2, -0.15) is 0 Å². The number of hydrogen-bond donors (Lipinski definition) is 0. The summed E-state index contributed by atoms with van der Waals surface area (Å²) in [5.74, 6) is -0.639. The first kappa shape index (κ1) is 25.7. The SMILES string of the molecule is CCCCCCCC/C=C\CCCCCCCC(=O)OC(C)OC(=O)CC. The Bertz CT molecular complexity index is 390. The summed E-state index contributed by atoms with van der Waals surface area (Å²) >= 11 is 0. The van der Waals surface area contributed by atoms with E-state index in [0.717, 1.165) is 25.7 Å². The van der Waals surface area contributed by atoms with Crippen molar-refractivity contribution in [1.82, 2.24) is 0 Å². The third-order valence-electron chi connectivity index (χ3n) is 4.53. The Hall–Kier alpha value is -1.32. The van der Waals surface area contributed by atoms with Gasteiger partial charge in [-0.3, -0.25) is 9.59 Å². The number of esters is 2. The van der Waals surface area contributed by atoms with Crippen LogP contribution in [0.4, 0.5) is 0 Å². The highest BCUT2D eigenvalue weighted by atomic mass is 16.7. The Morgan fingerprint density at radius 2 is 1.19 bits per heavy atom. The molecule has 27 heavy (non-hydrogen) atoms. The van der Waals surface area contributed by atoms with E-state index in [9.17, 15) is 9.59 Å². The second-order valence-corrected chi connectivity index (χ2v) is 7.24. The molecule has 158 valence electrons. The van der Waals surface area contributed by atoms with Gasteiger partial charge in [0.05, 0.1) is 0 Å². The molecule has 0 amide bonds. The lowest BCUT2D eigenvalue weighted by Crippen LogP contribution is -2.21. The first-order valence-electron chi connectivity index (χ1n) is 11.1. The summed E-state index contributed by atoms with van der Waals surface area (Å²) in [6, 6.07) is 0. The molecule has 0 saturated heterocycles. The van der Waals surface area contributed by atoms with Crippen LogP contribution >= 0.6 is 0 Å². The van der Waals surface area contributed by atoms with Crippen molar-refractivity contribution in [2.45, 2.75) is 123 Å². The molecular weight excluding hydrogens is 340 g/mol. The molecule has 4 nitrogen and oxygen atoms in total. The fourth-order valence-corrected chi connectivity index (χ4v) is 2.88. The lowest BCUT2D eigenvalue weighted by atomic mass is 10.1. The van der Waals surface area contributed by atoms with Crippen LogP contribution in [-0.4, -0.2) is 18.2 Å². The van der Waals surface area contributed by atoms with Gasteiger partial charge in [0, 0.05) is 19.8 Å². The minimum absolute atomic E-state index is 0.288. The Labute approximate surface area is 167 Å². The van der Waals surface area contributed by atoms with E-state index in [1.807, 2.05) is 0 Å². The quantitative estimate of drug-likeness (QED) is 0.112. The standard InChI is InChI=1S/C23H42O4/c1-4-6-7-8-9-10-11-12-13-14-15-16-17-18-19-20-23(25)27-21(3)26-22(24)5-2/h12-13,21H,4-11,14-20H2,1-3H3/b13-12-. The van der Waals surface area contributed by atoms with Crippen LogP contribution in [-0.2, 0) is 19.1 Å². The number of hydrogen-bond acceptors (Lipinski definition) is 4. The maximum Gasteiger partial charge on any atom is 0.308 e. The van der Waals surface area contributed by atoms with Gasteiger partial charge in [-0.25, -0.2) is 0 Å². The van der Waals surface area contributed by atoms with Crippen molar-refractivity contribution in [3.8, 4) is 0 Å². The summed E-state index contributed by atoms with van der Waals surface area (Å²) in [5.41, 5.74) is 0. The Morgan fingerprint density at radius 1 is 0.704 bits per heavy atom. The summed E-state index contributed by atoms with van der Waals surface area (Å²) in [4.78, 5) is 22.7. The van der Waals surface area contributed by atoms with E-state index in [0.29, 0.717) is 6.42 Å². The molecule has 0 spiro atoms. The van der Waals surface area contributed by atoms with Gasteiger partial charge in [0.2, 0.25) is 6.29 Å². The summed E-state index contributed by atoms with van der Waals surface area (Å²) in [6.07, 6.45) is 20.6. The van der Waals surface area contributed by atoms with Crippen molar-refractivity contribution < 1.29 is 19.1 Å². The van der Waals surface area contributed by atoms with E-state index in [4.69, 9.17) is 9.47 Å². The number of unbranched alkanes of at least 4 members (excludes halogenated alkanes) is 11. The Kier molecular flexibility index (Phi) is 18.5. The molecule has 1 atom stereocenters. The van der Waals surface area contributed by atoms with Crippen LogP contribution in [0.5, 0.6) is 0 Å². The smallest absolute Gasteiger partial charge is 0.308 e. The zero-order chi connectivity index (χ0) is 20.2. The van der Waals surface area contributed by atoms with Crippen molar-refractivity contribution in [1.29, 1.82) is 0 Å². The molecule has 0 aromatic carbocycles. The number of carbonyl (C=O) groups is 2. The second-order valence-electron chi connectivity index (χ2n) is 7.24. The van der Waals surface area contributed by atoms with Crippen LogP contribution < -0.4 is 0 Å². The Morgan fingerprint density at radius 3 is 1.74 bits per heavy atom. The minimum Gasteiger partial charge on any atom is -0.425 e. The van der Waals surface area contributed by atoms with Crippen LogP contribution in [0.3, 0.4) is 0 Å². The lowest BCUT2D eigenvalue weighted by Gasteiger charge is -2.13. The molecule has 0 fully saturated rings. The van der Waals surface area contributed by atoms with E-state index >= 15 is 0 Å². The first-order valence-corrected chi connectivity index (χ1v) is 11.1. The van der Waals surface area contributed by atoms with E-state index in [2.05, 4.69) is 19.1 Å². The molecule has 4 heteroatoms. The maximum atomic E-state index is 11.6. The molecule has 0 aromatic heterocycles. The minimum atomic E-state index is -0.784. The molecule has 0 aliphatic carbocycles. The lowest BCUT2D eigenvalue weighted by molar-refractivity contribution is -0.184. The van der Waals surface area contributed by atoms with Crippen molar-refractivity contribution in [3.63, 3.8) is 0 Å². The maximum absolute atomic E-state index is 11.6. The summed E-state index contributed by atoms with van der Waals surface area (Å²) < 4.78 is 9.96. The normalized spacial score (nSPS) is 12.3. The van der Waals surface area contributed by atoms with Gasteiger partial charge in [-0.05, 0) is 32.1 Å². The molecule has 0 bridgehead atoms. The van der Waals surface area contributed by atoms with Crippen LogP contribution in [0, 0.1) is 0 Å². The van der Waals surface area contributed by atoms with E-state index in [-0.39, 0.29) is 18.4 Å². The predicted octanol–water partition coefficient (Wildman–Crippen LogP) is 6.87. The monoisotopic (exact) mass is 382 g/mol. The number of ether oxygens (including phenoxy) is 2. The van der Waals surface area contributed by atoms with Gasteiger partial charge in [-0.1, -0.05) is 77.4 Å². The average Bonchev–Trinajstić information content (AvgIpc) is 2.64. The third-order valence-corrected chi connectivity index (χ3v) is 4.53. The first-order chi connectivity index (χ1) is 13.1. The fourth-order valence-electron chi connectivity index (χ4n) is 2.88. The van der Waals surface area contributed by atoms with Gasteiger partial charge in [0.25, 0.3) is 0 Å². The van der Waals surface area contributed by atoms with E-state index in [1.165, 1.54) is 57.8 Å². The van der Waals surface area contributed by atoms with Gasteiger partial charge < -0.3 is 9.47 Å². The van der Waals surface area contributed by atoms with Gasteiger partial charge in [0.1, 0.15) is 0 Å². The van der Waals surface area contributed by atoms with Crippen molar-refractivity contribution >= 4 is 11.9 Å². The van der Waals surface area contributed by atoms with E-state index in [1.54, 1.807) is 13.8 Å². The summed E-state index contributed by atoms with van der Waals surface area (Å²) in [7, 11) is 0. The summed E-state index contributed by atoms with van der Waals surface area (Å²) in [5, 5.41) is 0. The highest BCUT2D eigenvalue weighted by Gasteiger charge is 2.12. The molecule has 0 rings (SSSR count). The van der Waals surface area contributed by atoms with Gasteiger partial charge >= 0.3 is 11.9 Å². The van der Waals surface area contributed by atoms with Crippen LogP contribution in [0.15, 0.2) is 12.2 Å². The fraction of sp³-hybridized carbons (Fsp3) is 0.826. The zero-order valence-electron chi connectivity index (χ0n) is 18.0.